The molecule has 2 amide bonds. The van der Waals surface area contributed by atoms with Crippen molar-refractivity contribution in [2.45, 2.75) is 65.8 Å². The van der Waals surface area contributed by atoms with Crippen LogP contribution in [-0.2, 0) is 22.6 Å². The first-order chi connectivity index (χ1) is 21.1. The maximum Gasteiger partial charge on any atom is 0.418 e. The Kier molecular flexibility index (Phi) is 8.18. The molecule has 2 aliphatic rings. The summed E-state index contributed by atoms with van der Waals surface area (Å²) in [4.78, 5) is 50.9. The highest BCUT2D eigenvalue weighted by Gasteiger charge is 2.30. The maximum absolute atomic E-state index is 12.4. The number of benzene rings is 2. The maximum atomic E-state index is 12.4. The molecular formula is C35H38N4O6. The van der Waals surface area contributed by atoms with E-state index in [1.165, 1.54) is 9.13 Å². The number of carbonyl (C=O) groups excluding carboxylic acids is 4. The quantitative estimate of drug-likeness (QED) is 0.270. The van der Waals surface area contributed by atoms with Gasteiger partial charge in [0.05, 0.1) is 22.5 Å². The molecule has 2 aromatic heterocycles. The van der Waals surface area contributed by atoms with Crippen molar-refractivity contribution in [3.05, 3.63) is 95.3 Å². The van der Waals surface area contributed by atoms with Crippen molar-refractivity contribution < 1.29 is 28.7 Å². The van der Waals surface area contributed by atoms with Gasteiger partial charge in [-0.3, -0.25) is 18.7 Å². The van der Waals surface area contributed by atoms with E-state index in [2.05, 4.69) is 5.32 Å². The van der Waals surface area contributed by atoms with Crippen molar-refractivity contribution in [3.63, 3.8) is 0 Å². The zero-order valence-corrected chi connectivity index (χ0v) is 26.6. The summed E-state index contributed by atoms with van der Waals surface area (Å²) in [5.74, 6) is -0.130. The minimum absolute atomic E-state index is 0.0208. The number of carbonyl (C=O) groups is 4. The van der Waals surface area contributed by atoms with Crippen LogP contribution in [0.1, 0.15) is 73.4 Å². The van der Waals surface area contributed by atoms with Crippen LogP contribution in [0.5, 0.6) is 0 Å². The van der Waals surface area contributed by atoms with Gasteiger partial charge in [-0.05, 0) is 76.9 Å². The third-order valence-corrected chi connectivity index (χ3v) is 7.17. The van der Waals surface area contributed by atoms with E-state index in [0.717, 1.165) is 22.3 Å². The molecule has 0 aliphatic carbocycles. The van der Waals surface area contributed by atoms with Gasteiger partial charge in [0.1, 0.15) is 11.2 Å². The molecule has 234 valence electrons. The highest BCUT2D eigenvalue weighted by molar-refractivity contribution is 6.05. The highest BCUT2D eigenvalue weighted by atomic mass is 16.6. The van der Waals surface area contributed by atoms with Gasteiger partial charge in [-0.1, -0.05) is 36.4 Å². The number of hydrogen-bond donors (Lipinski definition) is 1. The van der Waals surface area contributed by atoms with Crippen LogP contribution in [0.15, 0.2) is 73.1 Å². The number of aromatic nitrogens is 2. The summed E-state index contributed by atoms with van der Waals surface area (Å²) in [5.41, 5.74) is 4.89. The van der Waals surface area contributed by atoms with Gasteiger partial charge in [0.25, 0.3) is 11.8 Å². The first kappa shape index (κ1) is 31.3. The number of amides is 2. The van der Waals surface area contributed by atoms with E-state index < -0.39 is 23.4 Å². The molecule has 0 spiro atoms. The Labute approximate surface area is 262 Å². The second-order valence-corrected chi connectivity index (χ2v) is 13.0. The Morgan fingerprint density at radius 2 is 1.18 bits per heavy atom. The number of hydrogen-bond acceptors (Lipinski definition) is 6. The molecule has 2 aliphatic heterocycles. The molecule has 0 saturated carbocycles. The first-order valence-corrected chi connectivity index (χ1v) is 14.7. The van der Waals surface area contributed by atoms with Crippen LogP contribution in [0.2, 0.25) is 0 Å². The molecule has 0 atom stereocenters. The number of nitrogens with zero attached hydrogens (tertiary/aromatic N) is 3. The van der Waals surface area contributed by atoms with Crippen molar-refractivity contribution in [2.75, 3.05) is 7.05 Å². The van der Waals surface area contributed by atoms with Gasteiger partial charge in [-0.15, -0.1) is 0 Å². The van der Waals surface area contributed by atoms with Gasteiger partial charge in [0.15, 0.2) is 0 Å². The van der Waals surface area contributed by atoms with E-state index in [9.17, 15) is 19.2 Å². The van der Waals surface area contributed by atoms with E-state index in [-0.39, 0.29) is 11.8 Å². The number of nitrogens with one attached hydrogen (secondary N) is 1. The predicted molar refractivity (Wildman–Crippen MR) is 170 cm³/mol. The van der Waals surface area contributed by atoms with Crippen LogP contribution in [-0.4, -0.2) is 56.3 Å². The molecule has 1 N–H and O–H groups in total. The second kappa shape index (κ2) is 11.8. The lowest BCUT2D eigenvalue weighted by Crippen LogP contribution is -2.27. The molecule has 0 unspecified atom stereocenters. The Bertz CT molecular complexity index is 1800. The molecule has 6 rings (SSSR count). The van der Waals surface area contributed by atoms with Crippen molar-refractivity contribution >= 4 is 24.0 Å². The fourth-order valence-corrected chi connectivity index (χ4v) is 5.35. The predicted octanol–water partition coefficient (Wildman–Crippen LogP) is 6.71. The zero-order valence-electron chi connectivity index (χ0n) is 26.6. The molecule has 10 heteroatoms. The zero-order chi connectivity index (χ0) is 32.7. The summed E-state index contributed by atoms with van der Waals surface area (Å²) in [6, 6.07) is 18.6. The average Bonchev–Trinajstić information content (AvgIpc) is 3.74. The normalized spacial score (nSPS) is 13.9. The van der Waals surface area contributed by atoms with E-state index in [1.54, 1.807) is 36.5 Å². The topological polar surface area (TPSA) is 112 Å². The monoisotopic (exact) mass is 610 g/mol. The Morgan fingerprint density at radius 1 is 0.689 bits per heavy atom. The minimum atomic E-state index is -0.576. The standard InChI is InChI=1S/C18H20N2O3.C17H18N2O3/c1-18(2,3)23-17(22)20-10-6-9-14(20)13-8-5-7-12-11-19(4)16(21)15(12)13;1-17(2,3)22-16(21)19-9-5-8-13(19)12-7-4-6-11-10-18-15(20)14(11)12/h5-10H,11H2,1-4H3;4-9H,10H2,1-3H3,(H,18,20). The molecule has 0 bridgehead atoms. The second-order valence-electron chi connectivity index (χ2n) is 13.0. The molecule has 2 aromatic carbocycles. The summed E-state index contributed by atoms with van der Waals surface area (Å²) in [6.07, 6.45) is 2.40. The van der Waals surface area contributed by atoms with Crippen LogP contribution in [0, 0.1) is 0 Å². The van der Waals surface area contributed by atoms with Crippen molar-refractivity contribution in [1.82, 2.24) is 19.4 Å². The van der Waals surface area contributed by atoms with Crippen LogP contribution >= 0.6 is 0 Å². The van der Waals surface area contributed by atoms with Crippen molar-refractivity contribution in [3.8, 4) is 22.5 Å². The Balaban J connectivity index is 0.000000178. The van der Waals surface area contributed by atoms with Gasteiger partial charge < -0.3 is 19.7 Å². The Hall–Kier alpha value is -5.12. The summed E-state index contributed by atoms with van der Waals surface area (Å²) < 4.78 is 13.7. The molecule has 10 nitrogen and oxygen atoms in total. The van der Waals surface area contributed by atoms with Crippen LogP contribution in [0.3, 0.4) is 0 Å². The van der Waals surface area contributed by atoms with Crippen LogP contribution in [0.4, 0.5) is 9.59 Å². The smallest absolute Gasteiger partial charge is 0.418 e. The van der Waals surface area contributed by atoms with Gasteiger partial charge in [-0.2, -0.15) is 0 Å². The highest BCUT2D eigenvalue weighted by Crippen LogP contribution is 2.33. The summed E-state index contributed by atoms with van der Waals surface area (Å²) in [5, 5.41) is 2.81. The molecule has 0 radical (unpaired) electrons. The van der Waals surface area contributed by atoms with Crippen molar-refractivity contribution in [1.29, 1.82) is 0 Å². The third-order valence-electron chi connectivity index (χ3n) is 7.17. The van der Waals surface area contributed by atoms with Crippen molar-refractivity contribution in [2.24, 2.45) is 0 Å². The lowest BCUT2D eigenvalue weighted by atomic mass is 10.0. The molecule has 0 saturated heterocycles. The first-order valence-electron chi connectivity index (χ1n) is 14.7. The number of rotatable bonds is 2. The molecule has 4 heterocycles. The van der Waals surface area contributed by atoms with Gasteiger partial charge >= 0.3 is 12.2 Å². The fraction of sp³-hybridized carbons (Fsp3) is 0.314. The number of fused-ring (bicyclic) bond motifs is 2. The number of ether oxygens (including phenoxy) is 2. The van der Waals surface area contributed by atoms with E-state index >= 15 is 0 Å². The summed E-state index contributed by atoms with van der Waals surface area (Å²) in [7, 11) is 1.78. The summed E-state index contributed by atoms with van der Waals surface area (Å²) in [6.45, 7) is 12.1. The SMILES string of the molecule is CC(C)(C)OC(=O)n1cccc1-c1cccc2c1C(=O)NC2.CN1Cc2cccc(-c3cccn3C(=O)OC(C)(C)C)c2C1=O. The summed E-state index contributed by atoms with van der Waals surface area (Å²) >= 11 is 0. The third kappa shape index (κ3) is 6.55. The lowest BCUT2D eigenvalue weighted by molar-refractivity contribution is 0.0528. The molecule has 45 heavy (non-hydrogen) atoms. The Morgan fingerprint density at radius 3 is 1.69 bits per heavy atom. The van der Waals surface area contributed by atoms with E-state index in [1.807, 2.05) is 90.1 Å². The van der Waals surface area contributed by atoms with Gasteiger partial charge in [-0.25, -0.2) is 9.59 Å². The van der Waals surface area contributed by atoms with E-state index in [4.69, 9.17) is 9.47 Å². The van der Waals surface area contributed by atoms with Gasteiger partial charge in [0, 0.05) is 43.7 Å². The molecule has 0 fully saturated rings. The fourth-order valence-electron chi connectivity index (χ4n) is 5.35. The average molecular weight is 611 g/mol. The molecule has 4 aromatic rings. The molecular weight excluding hydrogens is 572 g/mol. The lowest BCUT2D eigenvalue weighted by Gasteiger charge is -2.20. The van der Waals surface area contributed by atoms with Crippen LogP contribution in [0.25, 0.3) is 22.5 Å². The largest absolute Gasteiger partial charge is 0.443 e. The minimum Gasteiger partial charge on any atom is -0.443 e. The van der Waals surface area contributed by atoms with E-state index in [0.29, 0.717) is 35.6 Å². The van der Waals surface area contributed by atoms with Gasteiger partial charge in [0.2, 0.25) is 0 Å². The van der Waals surface area contributed by atoms with Crippen LogP contribution < -0.4 is 5.32 Å².